The number of anilines is 2. The molecule has 2 N–H and O–H groups in total. The molecule has 2 amide bonds. The van der Waals surface area contributed by atoms with Crippen LogP contribution in [0.1, 0.15) is 16.8 Å². The lowest BCUT2D eigenvalue weighted by molar-refractivity contribution is -0.116. The number of hydrogen-bond acceptors (Lipinski definition) is 4. The molecule has 3 aromatic rings. The van der Waals surface area contributed by atoms with Crippen LogP contribution in [0.4, 0.5) is 11.5 Å². The van der Waals surface area contributed by atoms with Gasteiger partial charge in [-0.05, 0) is 30.3 Å². The molecular weight excluding hydrogens is 380 g/mol. The summed E-state index contributed by atoms with van der Waals surface area (Å²) in [5, 5.41) is 5.84. The predicted octanol–water partition coefficient (Wildman–Crippen LogP) is 3.18. The second kappa shape index (κ2) is 8.96. The number of benzene rings is 1. The molecule has 0 aliphatic carbocycles. The zero-order valence-electron chi connectivity index (χ0n) is 14.8. The minimum Gasteiger partial charge on any atom is -0.325 e. The topological polar surface area (TPSA) is 93.1 Å². The van der Waals surface area contributed by atoms with Gasteiger partial charge in [-0.1, -0.05) is 29.8 Å². The third-order valence-corrected chi connectivity index (χ3v) is 4.12. The van der Waals surface area contributed by atoms with Gasteiger partial charge in [0.1, 0.15) is 5.82 Å². The Labute approximate surface area is 166 Å². The number of hydrogen-bond donors (Lipinski definition) is 2. The third kappa shape index (κ3) is 5.05. The summed E-state index contributed by atoms with van der Waals surface area (Å²) >= 11 is 5.79. The van der Waals surface area contributed by atoms with Crippen molar-refractivity contribution in [1.29, 1.82) is 0 Å². The molecule has 142 valence electrons. The van der Waals surface area contributed by atoms with Crippen molar-refractivity contribution in [2.24, 2.45) is 0 Å². The van der Waals surface area contributed by atoms with Crippen LogP contribution in [-0.4, -0.2) is 21.4 Å². The molecule has 2 heterocycles. The highest BCUT2D eigenvalue weighted by Crippen LogP contribution is 2.18. The summed E-state index contributed by atoms with van der Waals surface area (Å²) in [6.07, 6.45) is 3.14. The first-order valence-corrected chi connectivity index (χ1v) is 8.88. The Bertz CT molecular complexity index is 1050. The first-order valence-electron chi connectivity index (χ1n) is 8.50. The van der Waals surface area contributed by atoms with Crippen molar-refractivity contribution in [3.05, 3.63) is 87.9 Å². The molecule has 0 aliphatic heterocycles. The van der Waals surface area contributed by atoms with Crippen LogP contribution in [-0.2, 0) is 11.3 Å². The molecule has 1 aromatic carbocycles. The first kappa shape index (κ1) is 19.3. The SMILES string of the molecule is O=C(CCn1ccccc1=O)Nc1ccccc1C(=O)Nc1ccc(Cl)cn1. The maximum Gasteiger partial charge on any atom is 0.258 e. The number of para-hydroxylation sites is 1. The van der Waals surface area contributed by atoms with Gasteiger partial charge in [-0.3, -0.25) is 14.4 Å². The van der Waals surface area contributed by atoms with Crippen molar-refractivity contribution < 1.29 is 9.59 Å². The van der Waals surface area contributed by atoms with Gasteiger partial charge in [0.05, 0.1) is 16.3 Å². The van der Waals surface area contributed by atoms with Gasteiger partial charge in [-0.2, -0.15) is 0 Å². The molecule has 0 aliphatic rings. The number of rotatable bonds is 6. The third-order valence-electron chi connectivity index (χ3n) is 3.89. The van der Waals surface area contributed by atoms with E-state index >= 15 is 0 Å². The van der Waals surface area contributed by atoms with E-state index in [9.17, 15) is 14.4 Å². The van der Waals surface area contributed by atoms with Gasteiger partial charge in [0.2, 0.25) is 5.91 Å². The zero-order chi connectivity index (χ0) is 19.9. The standard InChI is InChI=1S/C20H17ClN4O3/c21-14-8-9-17(22-13-14)24-20(28)15-5-1-2-6-16(15)23-18(26)10-12-25-11-4-3-7-19(25)27/h1-9,11,13H,10,12H2,(H,23,26)(H,22,24,28). The van der Waals surface area contributed by atoms with Crippen LogP contribution in [0, 0.1) is 0 Å². The van der Waals surface area contributed by atoms with Crippen molar-refractivity contribution in [3.63, 3.8) is 0 Å². The highest BCUT2D eigenvalue weighted by atomic mass is 35.5. The maximum atomic E-state index is 12.5. The summed E-state index contributed by atoms with van der Waals surface area (Å²) in [7, 11) is 0. The summed E-state index contributed by atoms with van der Waals surface area (Å²) < 4.78 is 1.45. The molecule has 28 heavy (non-hydrogen) atoms. The first-order chi connectivity index (χ1) is 13.5. The fraction of sp³-hybridized carbons (Fsp3) is 0.100. The Balaban J connectivity index is 1.66. The van der Waals surface area contributed by atoms with Gasteiger partial charge in [-0.25, -0.2) is 4.98 Å². The molecule has 7 nitrogen and oxygen atoms in total. The Morgan fingerprint density at radius 3 is 2.54 bits per heavy atom. The normalized spacial score (nSPS) is 10.3. The van der Waals surface area contributed by atoms with E-state index < -0.39 is 5.91 Å². The summed E-state index contributed by atoms with van der Waals surface area (Å²) in [5.41, 5.74) is 0.495. The molecule has 0 bridgehead atoms. The quantitative estimate of drug-likeness (QED) is 0.669. The largest absolute Gasteiger partial charge is 0.325 e. The van der Waals surface area contributed by atoms with Crippen molar-refractivity contribution in [1.82, 2.24) is 9.55 Å². The molecule has 3 rings (SSSR count). The monoisotopic (exact) mass is 396 g/mol. The number of aryl methyl sites for hydroxylation is 1. The molecule has 8 heteroatoms. The molecule has 0 saturated heterocycles. The van der Waals surface area contributed by atoms with Gasteiger partial charge in [0, 0.05) is 31.4 Å². The second-order valence-electron chi connectivity index (χ2n) is 5.89. The minimum atomic E-state index is -0.412. The van der Waals surface area contributed by atoms with E-state index in [0.29, 0.717) is 22.1 Å². The van der Waals surface area contributed by atoms with E-state index in [1.54, 1.807) is 54.7 Å². The van der Waals surface area contributed by atoms with Gasteiger partial charge in [0.15, 0.2) is 0 Å². The molecule has 0 spiro atoms. The second-order valence-corrected chi connectivity index (χ2v) is 6.33. The van der Waals surface area contributed by atoms with Gasteiger partial charge in [-0.15, -0.1) is 0 Å². The summed E-state index contributed by atoms with van der Waals surface area (Å²) in [6.45, 7) is 0.245. The van der Waals surface area contributed by atoms with Crippen LogP contribution in [0.15, 0.2) is 71.8 Å². The molecule has 0 atom stereocenters. The highest BCUT2D eigenvalue weighted by Gasteiger charge is 2.14. The van der Waals surface area contributed by atoms with Crippen LogP contribution in [0.25, 0.3) is 0 Å². The smallest absolute Gasteiger partial charge is 0.258 e. The molecule has 2 aromatic heterocycles. The zero-order valence-corrected chi connectivity index (χ0v) is 15.5. The lowest BCUT2D eigenvalue weighted by Crippen LogP contribution is -2.23. The number of carbonyl (C=O) groups is 2. The average molecular weight is 397 g/mol. The summed E-state index contributed by atoms with van der Waals surface area (Å²) in [4.78, 5) is 40.5. The summed E-state index contributed by atoms with van der Waals surface area (Å²) in [5.74, 6) is -0.371. The fourth-order valence-electron chi connectivity index (χ4n) is 2.50. The van der Waals surface area contributed by atoms with Crippen LogP contribution in [0.3, 0.4) is 0 Å². The van der Waals surface area contributed by atoms with Crippen molar-refractivity contribution in [3.8, 4) is 0 Å². The number of carbonyl (C=O) groups excluding carboxylic acids is 2. The minimum absolute atomic E-state index is 0.0958. The maximum absolute atomic E-state index is 12.5. The molecule has 0 radical (unpaired) electrons. The van der Waals surface area contributed by atoms with Crippen molar-refractivity contribution >= 4 is 34.9 Å². The van der Waals surface area contributed by atoms with Gasteiger partial charge in [0.25, 0.3) is 11.5 Å². The lowest BCUT2D eigenvalue weighted by Gasteiger charge is -2.11. The fourth-order valence-corrected chi connectivity index (χ4v) is 2.62. The number of nitrogens with one attached hydrogen (secondary N) is 2. The van der Waals surface area contributed by atoms with E-state index in [1.165, 1.54) is 16.8 Å². The van der Waals surface area contributed by atoms with Crippen LogP contribution in [0.5, 0.6) is 0 Å². The number of halogens is 1. The Morgan fingerprint density at radius 1 is 1.00 bits per heavy atom. The van der Waals surface area contributed by atoms with E-state index in [1.807, 2.05) is 0 Å². The van der Waals surface area contributed by atoms with Crippen LogP contribution in [0.2, 0.25) is 5.02 Å². The lowest BCUT2D eigenvalue weighted by atomic mass is 10.1. The highest BCUT2D eigenvalue weighted by molar-refractivity contribution is 6.30. The Hall–Kier alpha value is -3.45. The van der Waals surface area contributed by atoms with E-state index in [4.69, 9.17) is 11.6 Å². The van der Waals surface area contributed by atoms with Crippen molar-refractivity contribution in [2.75, 3.05) is 10.6 Å². The predicted molar refractivity (Wildman–Crippen MR) is 108 cm³/mol. The van der Waals surface area contributed by atoms with E-state index in [2.05, 4.69) is 15.6 Å². The molecule has 0 saturated carbocycles. The molecule has 0 unspecified atom stereocenters. The van der Waals surface area contributed by atoms with Crippen LogP contribution >= 0.6 is 11.6 Å². The van der Waals surface area contributed by atoms with E-state index in [0.717, 1.165) is 0 Å². The molecule has 0 fully saturated rings. The number of nitrogens with zero attached hydrogens (tertiary/aromatic N) is 2. The average Bonchev–Trinajstić information content (AvgIpc) is 2.69. The van der Waals surface area contributed by atoms with Crippen molar-refractivity contribution in [2.45, 2.75) is 13.0 Å². The van der Waals surface area contributed by atoms with Gasteiger partial charge < -0.3 is 15.2 Å². The van der Waals surface area contributed by atoms with Crippen LogP contribution < -0.4 is 16.2 Å². The number of aromatic nitrogens is 2. The van der Waals surface area contributed by atoms with Gasteiger partial charge >= 0.3 is 0 Å². The Kier molecular flexibility index (Phi) is 6.18. The Morgan fingerprint density at radius 2 is 1.79 bits per heavy atom. The number of amides is 2. The summed E-state index contributed by atoms with van der Waals surface area (Å²) in [6, 6.07) is 14.6. The number of pyridine rings is 2. The molecular formula is C20H17ClN4O3. The van der Waals surface area contributed by atoms with E-state index in [-0.39, 0.29) is 24.4 Å².